The number of hydrazone groups is 1. The van der Waals surface area contributed by atoms with Crippen molar-refractivity contribution in [2.75, 3.05) is 20.1 Å². The molecular weight excluding hydrogens is 375 g/mol. The third-order valence-electron chi connectivity index (χ3n) is 5.44. The van der Waals surface area contributed by atoms with E-state index in [0.29, 0.717) is 13.1 Å². The van der Waals surface area contributed by atoms with Gasteiger partial charge in [0.25, 0.3) is 5.91 Å². The molecule has 0 spiro atoms. The molecule has 0 aromatic heterocycles. The molecular formula is C20H25FN6O2. The largest absolute Gasteiger partial charge is 0.328 e. The summed E-state index contributed by atoms with van der Waals surface area (Å²) in [6, 6.07) is 5.42. The third-order valence-corrected chi connectivity index (χ3v) is 5.44. The minimum Gasteiger partial charge on any atom is -0.310 e. The Kier molecular flexibility index (Phi) is 4.87. The van der Waals surface area contributed by atoms with Crippen molar-refractivity contribution in [3.63, 3.8) is 0 Å². The summed E-state index contributed by atoms with van der Waals surface area (Å²) >= 11 is 0. The fourth-order valence-electron chi connectivity index (χ4n) is 4.16. The van der Waals surface area contributed by atoms with Crippen LogP contribution in [0.25, 0.3) is 0 Å². The Morgan fingerprint density at radius 3 is 2.66 bits per heavy atom. The van der Waals surface area contributed by atoms with Gasteiger partial charge in [0.1, 0.15) is 18.0 Å². The van der Waals surface area contributed by atoms with E-state index in [4.69, 9.17) is 0 Å². The van der Waals surface area contributed by atoms with E-state index in [2.05, 4.69) is 17.0 Å². The van der Waals surface area contributed by atoms with Gasteiger partial charge in [0.05, 0.1) is 13.1 Å². The van der Waals surface area contributed by atoms with Gasteiger partial charge >= 0.3 is 6.03 Å². The summed E-state index contributed by atoms with van der Waals surface area (Å²) in [4.78, 5) is 30.8. The topological polar surface area (TPSA) is 71.5 Å². The summed E-state index contributed by atoms with van der Waals surface area (Å²) < 4.78 is 13.2. The standard InChI is InChI=1S/C20H25FN6O2/c1-12(2)9-26-18(28)16-17(24(4)20(26)29)22-19-25(16)10-13(3)23-27(19)11-14-5-7-15(21)8-6-14/h5-8,16-17,19,22H,1,9-11H2,2-4H3. The van der Waals surface area contributed by atoms with Crippen LogP contribution in [0.3, 0.4) is 0 Å². The molecule has 1 aromatic rings. The van der Waals surface area contributed by atoms with Crippen LogP contribution in [0.2, 0.25) is 0 Å². The van der Waals surface area contributed by atoms with Crippen molar-refractivity contribution >= 4 is 17.6 Å². The quantitative estimate of drug-likeness (QED) is 0.773. The molecule has 29 heavy (non-hydrogen) atoms. The molecule has 8 nitrogen and oxygen atoms in total. The number of amides is 3. The van der Waals surface area contributed by atoms with Crippen molar-refractivity contribution in [2.24, 2.45) is 5.10 Å². The second-order valence-corrected chi connectivity index (χ2v) is 7.94. The van der Waals surface area contributed by atoms with Crippen LogP contribution in [0.4, 0.5) is 9.18 Å². The number of halogens is 1. The Hall–Kier alpha value is -2.78. The number of hydrogen-bond donors (Lipinski definition) is 1. The highest BCUT2D eigenvalue weighted by molar-refractivity contribution is 6.01. The summed E-state index contributed by atoms with van der Waals surface area (Å²) in [6.07, 6.45) is -0.791. The number of nitrogens with zero attached hydrogens (tertiary/aromatic N) is 5. The molecule has 0 bridgehead atoms. The number of likely N-dealkylation sites (N-methyl/N-ethyl adjacent to an activating group) is 1. The van der Waals surface area contributed by atoms with E-state index in [-0.39, 0.29) is 30.6 Å². The lowest BCUT2D eigenvalue weighted by Gasteiger charge is -2.42. The highest BCUT2D eigenvalue weighted by atomic mass is 19.1. The first-order valence-electron chi connectivity index (χ1n) is 9.56. The number of carbonyl (C=O) groups excluding carboxylic acids is 2. The number of carbonyl (C=O) groups is 2. The van der Waals surface area contributed by atoms with Crippen LogP contribution in [0.15, 0.2) is 41.5 Å². The van der Waals surface area contributed by atoms with Gasteiger partial charge in [-0.2, -0.15) is 5.10 Å². The molecule has 3 atom stereocenters. The SMILES string of the molecule is C=C(C)CN1C(=O)C2C(NC3N(Cc4ccc(F)cc4)N=C(C)CN23)N(C)C1=O. The van der Waals surface area contributed by atoms with Crippen molar-refractivity contribution in [3.8, 4) is 0 Å². The molecule has 154 valence electrons. The maximum atomic E-state index is 13.2. The predicted octanol–water partition coefficient (Wildman–Crippen LogP) is 1.37. The molecule has 0 aliphatic carbocycles. The van der Waals surface area contributed by atoms with Crippen molar-refractivity contribution in [1.82, 2.24) is 25.0 Å². The normalized spacial score (nSPS) is 27.1. The van der Waals surface area contributed by atoms with Gasteiger partial charge in [-0.15, -0.1) is 0 Å². The van der Waals surface area contributed by atoms with Gasteiger partial charge < -0.3 is 4.90 Å². The molecule has 4 rings (SSSR count). The number of nitrogens with one attached hydrogen (secondary N) is 1. The molecule has 1 aromatic carbocycles. The van der Waals surface area contributed by atoms with Gasteiger partial charge in [0.15, 0.2) is 6.29 Å². The Bertz CT molecular complexity index is 885. The number of urea groups is 1. The molecule has 9 heteroatoms. The highest BCUT2D eigenvalue weighted by Gasteiger charge is 2.56. The number of hydrogen-bond acceptors (Lipinski definition) is 6. The average molecular weight is 400 g/mol. The van der Waals surface area contributed by atoms with E-state index in [9.17, 15) is 14.0 Å². The van der Waals surface area contributed by atoms with E-state index < -0.39 is 12.2 Å². The maximum absolute atomic E-state index is 13.2. The van der Waals surface area contributed by atoms with Crippen molar-refractivity contribution in [2.45, 2.75) is 38.9 Å². The molecule has 0 radical (unpaired) electrons. The molecule has 3 heterocycles. The summed E-state index contributed by atoms with van der Waals surface area (Å²) in [5, 5.41) is 9.88. The third kappa shape index (κ3) is 3.40. The van der Waals surface area contributed by atoms with Crippen LogP contribution >= 0.6 is 0 Å². The summed E-state index contributed by atoms with van der Waals surface area (Å²) in [5.74, 6) is -0.519. The minimum atomic E-state index is -0.511. The Morgan fingerprint density at radius 2 is 2.00 bits per heavy atom. The Labute approximate surface area is 169 Å². The van der Waals surface area contributed by atoms with Crippen molar-refractivity contribution in [3.05, 3.63) is 47.8 Å². The second-order valence-electron chi connectivity index (χ2n) is 7.94. The van der Waals surface area contributed by atoms with E-state index in [1.807, 2.05) is 16.8 Å². The van der Waals surface area contributed by atoms with Crippen LogP contribution in [-0.2, 0) is 11.3 Å². The fourth-order valence-corrected chi connectivity index (χ4v) is 4.16. The Balaban J connectivity index is 1.62. The van der Waals surface area contributed by atoms with Gasteiger partial charge in [-0.3, -0.25) is 20.0 Å². The first-order valence-corrected chi connectivity index (χ1v) is 9.56. The highest BCUT2D eigenvalue weighted by Crippen LogP contribution is 2.31. The summed E-state index contributed by atoms with van der Waals surface area (Å²) in [5.41, 5.74) is 2.51. The molecule has 3 unspecified atom stereocenters. The zero-order valence-corrected chi connectivity index (χ0v) is 16.8. The molecule has 2 saturated heterocycles. The van der Waals surface area contributed by atoms with Gasteiger partial charge in [0.2, 0.25) is 0 Å². The van der Waals surface area contributed by atoms with Crippen molar-refractivity contribution < 1.29 is 14.0 Å². The van der Waals surface area contributed by atoms with Gasteiger partial charge in [-0.05, 0) is 31.5 Å². The van der Waals surface area contributed by atoms with E-state index in [1.165, 1.54) is 17.0 Å². The fraction of sp³-hybridized carbons (Fsp3) is 0.450. The first kappa shape index (κ1) is 19.5. The van der Waals surface area contributed by atoms with Crippen molar-refractivity contribution in [1.29, 1.82) is 0 Å². The monoisotopic (exact) mass is 400 g/mol. The van der Waals surface area contributed by atoms with Gasteiger partial charge in [-0.1, -0.05) is 24.3 Å². The predicted molar refractivity (Wildman–Crippen MR) is 106 cm³/mol. The van der Waals surface area contributed by atoms with E-state index in [0.717, 1.165) is 16.8 Å². The lowest BCUT2D eigenvalue weighted by atomic mass is 10.1. The van der Waals surface area contributed by atoms with E-state index >= 15 is 0 Å². The summed E-state index contributed by atoms with van der Waals surface area (Å²) in [7, 11) is 1.70. The molecule has 3 aliphatic heterocycles. The first-order chi connectivity index (χ1) is 13.8. The van der Waals surface area contributed by atoms with Gasteiger partial charge in [-0.25, -0.2) is 14.1 Å². The number of fused-ring (bicyclic) bond motifs is 3. The summed E-state index contributed by atoms with van der Waals surface area (Å²) in [6.45, 7) is 8.72. The van der Waals surface area contributed by atoms with Crippen LogP contribution in [-0.4, -0.2) is 76.0 Å². The zero-order valence-electron chi connectivity index (χ0n) is 16.8. The number of rotatable bonds is 4. The lowest BCUT2D eigenvalue weighted by molar-refractivity contribution is -0.138. The van der Waals surface area contributed by atoms with Crippen LogP contribution in [0.5, 0.6) is 0 Å². The van der Waals surface area contributed by atoms with E-state index in [1.54, 1.807) is 31.0 Å². The Morgan fingerprint density at radius 1 is 1.31 bits per heavy atom. The number of imide groups is 1. The van der Waals surface area contributed by atoms with Crippen LogP contribution in [0, 0.1) is 5.82 Å². The molecule has 3 aliphatic rings. The van der Waals surface area contributed by atoms with Gasteiger partial charge in [0, 0.05) is 19.3 Å². The van der Waals surface area contributed by atoms with Crippen LogP contribution in [0.1, 0.15) is 19.4 Å². The molecule has 0 saturated carbocycles. The average Bonchev–Trinajstić information content (AvgIpc) is 3.05. The maximum Gasteiger partial charge on any atom is 0.328 e. The zero-order chi connectivity index (χ0) is 20.9. The number of benzene rings is 1. The lowest BCUT2D eigenvalue weighted by Crippen LogP contribution is -2.66. The second kappa shape index (κ2) is 7.23. The molecule has 3 amide bonds. The minimum absolute atomic E-state index is 0.204. The molecule has 1 N–H and O–H groups in total. The van der Waals surface area contributed by atoms with Crippen LogP contribution < -0.4 is 5.32 Å². The smallest absolute Gasteiger partial charge is 0.310 e. The molecule has 2 fully saturated rings.